The van der Waals surface area contributed by atoms with Crippen LogP contribution in [0.3, 0.4) is 0 Å². The predicted molar refractivity (Wildman–Crippen MR) is 78.0 cm³/mol. The van der Waals surface area contributed by atoms with Crippen LogP contribution in [0.15, 0.2) is 30.6 Å². The van der Waals surface area contributed by atoms with Crippen LogP contribution in [-0.2, 0) is 6.54 Å². The maximum Gasteiger partial charge on any atom is 0.178 e. The molecule has 2 aromatic heterocycles. The lowest BCUT2D eigenvalue weighted by Crippen LogP contribution is -2.02. The third kappa shape index (κ3) is 2.27. The molecule has 0 bridgehead atoms. The van der Waals surface area contributed by atoms with Crippen molar-refractivity contribution in [1.29, 1.82) is 0 Å². The number of aromatic amines is 1. The summed E-state index contributed by atoms with van der Waals surface area (Å²) in [5.74, 6) is 0. The fourth-order valence-electron chi connectivity index (χ4n) is 1.97. The summed E-state index contributed by atoms with van der Waals surface area (Å²) in [5.41, 5.74) is 3.59. The van der Waals surface area contributed by atoms with Crippen LogP contribution in [-0.4, -0.2) is 19.5 Å². The number of halogens is 1. The number of rotatable bonds is 2. The topological polar surface area (TPSA) is 46.5 Å². The van der Waals surface area contributed by atoms with E-state index in [0.717, 1.165) is 22.4 Å². The van der Waals surface area contributed by atoms with Gasteiger partial charge in [0, 0.05) is 6.20 Å². The number of benzene rings is 1. The van der Waals surface area contributed by atoms with E-state index in [1.54, 1.807) is 12.4 Å². The molecule has 1 N–H and O–H groups in total. The molecule has 0 atom stereocenters. The Morgan fingerprint density at radius 2 is 2.16 bits per heavy atom. The summed E-state index contributed by atoms with van der Waals surface area (Å²) in [6, 6.07) is 5.73. The van der Waals surface area contributed by atoms with Gasteiger partial charge in [-0.05, 0) is 31.3 Å². The van der Waals surface area contributed by atoms with E-state index < -0.39 is 0 Å². The fraction of sp³-hybridized carbons (Fsp3) is 0.154. The summed E-state index contributed by atoms with van der Waals surface area (Å²) in [5, 5.41) is 0.664. The molecule has 3 aromatic rings. The Kier molecular flexibility index (Phi) is 3.08. The Bertz CT molecular complexity index is 789. The molecule has 0 unspecified atom stereocenters. The van der Waals surface area contributed by atoms with E-state index in [9.17, 15) is 0 Å². The van der Waals surface area contributed by atoms with Gasteiger partial charge in [-0.2, -0.15) is 0 Å². The molecule has 0 aliphatic heterocycles. The summed E-state index contributed by atoms with van der Waals surface area (Å²) < 4.78 is 2.60. The summed E-state index contributed by atoms with van der Waals surface area (Å²) in [6.07, 6.45) is 3.52. The van der Waals surface area contributed by atoms with Crippen LogP contribution >= 0.6 is 23.8 Å². The van der Waals surface area contributed by atoms with Gasteiger partial charge >= 0.3 is 0 Å². The highest BCUT2D eigenvalue weighted by atomic mass is 35.5. The van der Waals surface area contributed by atoms with Crippen molar-refractivity contribution in [3.8, 4) is 0 Å². The zero-order valence-corrected chi connectivity index (χ0v) is 11.8. The zero-order chi connectivity index (χ0) is 13.4. The average molecular weight is 291 g/mol. The minimum Gasteiger partial charge on any atom is -0.329 e. The molecule has 96 valence electrons. The minimum atomic E-state index is 0.576. The summed E-state index contributed by atoms with van der Waals surface area (Å²) in [4.78, 5) is 11.7. The van der Waals surface area contributed by atoms with Crippen molar-refractivity contribution in [2.75, 3.05) is 0 Å². The minimum absolute atomic E-state index is 0.576. The van der Waals surface area contributed by atoms with E-state index in [1.165, 1.54) is 0 Å². The number of aromatic nitrogens is 4. The number of imidazole rings is 1. The summed E-state index contributed by atoms with van der Waals surface area (Å²) in [6.45, 7) is 2.49. The predicted octanol–water partition coefficient (Wildman–Crippen LogP) is 3.50. The van der Waals surface area contributed by atoms with Gasteiger partial charge in [0.2, 0.25) is 0 Å². The lowest BCUT2D eigenvalue weighted by Gasteiger charge is -2.04. The standard InChI is InChI=1S/C13H11ClN4S/c1-8-5-16-9(6-15-8)7-18-11-4-2-3-10(14)12(11)17-13(18)19/h2-6H,7H2,1H3,(H,17,19). The number of nitrogens with one attached hydrogen (secondary N) is 1. The molecule has 0 spiro atoms. The number of H-pyrrole nitrogens is 1. The number of fused-ring (bicyclic) bond motifs is 1. The molecule has 0 saturated carbocycles. The van der Waals surface area contributed by atoms with Crippen LogP contribution in [0.4, 0.5) is 0 Å². The molecular weight excluding hydrogens is 280 g/mol. The van der Waals surface area contributed by atoms with Crippen molar-refractivity contribution in [3.63, 3.8) is 0 Å². The lowest BCUT2D eigenvalue weighted by atomic mass is 10.3. The van der Waals surface area contributed by atoms with Gasteiger partial charge in [0.1, 0.15) is 0 Å². The Balaban J connectivity index is 2.10. The van der Waals surface area contributed by atoms with Crippen LogP contribution in [0, 0.1) is 11.7 Å². The maximum absolute atomic E-state index is 6.15. The van der Waals surface area contributed by atoms with Crippen LogP contribution in [0.5, 0.6) is 0 Å². The Hall–Kier alpha value is -1.72. The first-order valence-electron chi connectivity index (χ1n) is 5.80. The molecule has 0 radical (unpaired) electrons. The normalized spacial score (nSPS) is 11.1. The first-order chi connectivity index (χ1) is 9.15. The highest BCUT2D eigenvalue weighted by Gasteiger charge is 2.08. The zero-order valence-electron chi connectivity index (χ0n) is 10.2. The Morgan fingerprint density at radius 3 is 2.89 bits per heavy atom. The Labute approximate surface area is 120 Å². The first-order valence-corrected chi connectivity index (χ1v) is 6.58. The molecule has 19 heavy (non-hydrogen) atoms. The molecule has 3 rings (SSSR count). The number of hydrogen-bond donors (Lipinski definition) is 1. The second-order valence-electron chi connectivity index (χ2n) is 4.30. The van der Waals surface area contributed by atoms with Crippen molar-refractivity contribution < 1.29 is 0 Å². The largest absolute Gasteiger partial charge is 0.329 e. The smallest absolute Gasteiger partial charge is 0.178 e. The van der Waals surface area contributed by atoms with Gasteiger partial charge < -0.3 is 9.55 Å². The van der Waals surface area contributed by atoms with E-state index >= 15 is 0 Å². The molecular formula is C13H11ClN4S. The van der Waals surface area contributed by atoms with Gasteiger partial charge in [0.25, 0.3) is 0 Å². The monoisotopic (exact) mass is 290 g/mol. The van der Waals surface area contributed by atoms with Gasteiger partial charge in [-0.25, -0.2) is 0 Å². The number of para-hydroxylation sites is 1. The summed E-state index contributed by atoms with van der Waals surface area (Å²) >= 11 is 11.5. The van der Waals surface area contributed by atoms with E-state index in [1.807, 2.05) is 29.7 Å². The second kappa shape index (κ2) is 4.75. The maximum atomic E-state index is 6.15. The lowest BCUT2D eigenvalue weighted by molar-refractivity contribution is 0.776. The molecule has 4 nitrogen and oxygen atoms in total. The van der Waals surface area contributed by atoms with Crippen LogP contribution in [0.25, 0.3) is 11.0 Å². The number of nitrogens with zero attached hydrogens (tertiary/aromatic N) is 3. The van der Waals surface area contributed by atoms with E-state index in [4.69, 9.17) is 23.8 Å². The molecule has 6 heteroatoms. The quantitative estimate of drug-likeness (QED) is 0.735. The van der Waals surface area contributed by atoms with Crippen LogP contribution in [0.1, 0.15) is 11.4 Å². The van der Waals surface area contributed by atoms with E-state index in [2.05, 4.69) is 15.0 Å². The van der Waals surface area contributed by atoms with E-state index in [0.29, 0.717) is 16.3 Å². The molecule has 0 fully saturated rings. The Morgan fingerprint density at radius 1 is 1.32 bits per heavy atom. The highest BCUT2D eigenvalue weighted by Crippen LogP contribution is 2.22. The second-order valence-corrected chi connectivity index (χ2v) is 5.09. The first kappa shape index (κ1) is 12.3. The SMILES string of the molecule is Cc1cnc(Cn2c(=S)[nH]c3c(Cl)cccc32)cn1. The van der Waals surface area contributed by atoms with E-state index in [-0.39, 0.29) is 0 Å². The molecule has 0 aliphatic rings. The number of aryl methyl sites for hydroxylation is 1. The van der Waals surface area contributed by atoms with Crippen LogP contribution in [0.2, 0.25) is 5.02 Å². The van der Waals surface area contributed by atoms with Gasteiger partial charge in [-0.3, -0.25) is 9.97 Å². The number of hydrogen-bond acceptors (Lipinski definition) is 3. The van der Waals surface area contributed by atoms with Crippen molar-refractivity contribution >= 4 is 34.9 Å². The molecule has 0 aliphatic carbocycles. The van der Waals surface area contributed by atoms with Gasteiger partial charge in [0.15, 0.2) is 4.77 Å². The van der Waals surface area contributed by atoms with Crippen molar-refractivity contribution in [1.82, 2.24) is 19.5 Å². The van der Waals surface area contributed by atoms with Gasteiger partial charge in [-0.15, -0.1) is 0 Å². The summed E-state index contributed by atoms with van der Waals surface area (Å²) in [7, 11) is 0. The third-order valence-corrected chi connectivity index (χ3v) is 3.55. The highest BCUT2D eigenvalue weighted by molar-refractivity contribution is 7.71. The van der Waals surface area contributed by atoms with Gasteiger partial charge in [0.05, 0.1) is 40.2 Å². The molecule has 1 aromatic carbocycles. The van der Waals surface area contributed by atoms with Crippen LogP contribution < -0.4 is 0 Å². The van der Waals surface area contributed by atoms with Crippen molar-refractivity contribution in [2.45, 2.75) is 13.5 Å². The molecule has 0 amide bonds. The fourth-order valence-corrected chi connectivity index (χ4v) is 2.45. The van der Waals surface area contributed by atoms with Crippen molar-refractivity contribution in [3.05, 3.63) is 51.8 Å². The van der Waals surface area contributed by atoms with Crippen molar-refractivity contribution in [2.24, 2.45) is 0 Å². The molecule has 2 heterocycles. The third-order valence-electron chi connectivity index (χ3n) is 2.91. The average Bonchev–Trinajstić information content (AvgIpc) is 2.71. The van der Waals surface area contributed by atoms with Gasteiger partial charge in [-0.1, -0.05) is 17.7 Å². The molecule has 0 saturated heterocycles.